The zero-order chi connectivity index (χ0) is 17.3. The molecule has 23 heavy (non-hydrogen) atoms. The molecule has 1 unspecified atom stereocenters. The molecule has 2 rings (SSSR count). The summed E-state index contributed by atoms with van der Waals surface area (Å²) in [5, 5.41) is 0. The van der Waals surface area contributed by atoms with Gasteiger partial charge in [0.05, 0.1) is 5.75 Å². The van der Waals surface area contributed by atoms with Gasteiger partial charge in [-0.1, -0.05) is 13.3 Å². The second kappa shape index (κ2) is 6.97. The summed E-state index contributed by atoms with van der Waals surface area (Å²) in [6.45, 7) is 8.68. The zero-order valence-corrected chi connectivity index (χ0v) is 15.5. The molecule has 134 valence electrons. The van der Waals surface area contributed by atoms with Crippen LogP contribution in [-0.4, -0.2) is 49.9 Å². The number of sulfonamides is 1. The first-order valence-electron chi connectivity index (χ1n) is 8.57. The molecular weight excluding hydrogens is 316 g/mol. The lowest BCUT2D eigenvalue weighted by molar-refractivity contribution is 0.0176. The molecule has 2 aliphatic rings. The van der Waals surface area contributed by atoms with E-state index in [0.29, 0.717) is 19.0 Å². The van der Waals surface area contributed by atoms with Crippen molar-refractivity contribution in [3.8, 4) is 0 Å². The van der Waals surface area contributed by atoms with Gasteiger partial charge in [0.1, 0.15) is 5.60 Å². The van der Waals surface area contributed by atoms with Gasteiger partial charge in [-0.2, -0.15) is 0 Å². The molecule has 1 saturated carbocycles. The molecule has 1 N–H and O–H groups in total. The standard InChI is InChI=1S/C16H30N2O4S/c1-5-13-9-14(13)17-23(20,21)11-12-7-6-8-18(10-12)15(19)22-16(2,3)4/h12-14,17H,5-11H2,1-4H3/t12?,13-,14-/m1/s1. The number of carbonyl (C=O) groups is 1. The molecule has 1 aliphatic carbocycles. The van der Waals surface area contributed by atoms with Crippen molar-refractivity contribution in [2.45, 2.75) is 65.0 Å². The van der Waals surface area contributed by atoms with Crippen molar-refractivity contribution in [3.05, 3.63) is 0 Å². The molecule has 1 saturated heterocycles. The maximum atomic E-state index is 12.3. The number of hydrogen-bond donors (Lipinski definition) is 1. The number of amides is 1. The maximum Gasteiger partial charge on any atom is 0.410 e. The first-order valence-corrected chi connectivity index (χ1v) is 10.2. The van der Waals surface area contributed by atoms with Gasteiger partial charge in [0.2, 0.25) is 10.0 Å². The number of nitrogens with one attached hydrogen (secondary N) is 1. The van der Waals surface area contributed by atoms with Crippen LogP contribution >= 0.6 is 0 Å². The fraction of sp³-hybridized carbons (Fsp3) is 0.938. The van der Waals surface area contributed by atoms with E-state index in [-0.39, 0.29) is 23.8 Å². The van der Waals surface area contributed by atoms with Gasteiger partial charge in [-0.3, -0.25) is 0 Å². The summed E-state index contributed by atoms with van der Waals surface area (Å²) in [6.07, 6.45) is 3.27. The van der Waals surface area contributed by atoms with Crippen molar-refractivity contribution in [3.63, 3.8) is 0 Å². The molecule has 6 nitrogen and oxygen atoms in total. The predicted molar refractivity (Wildman–Crippen MR) is 89.6 cm³/mol. The number of nitrogens with zero attached hydrogens (tertiary/aromatic N) is 1. The Morgan fingerprint density at radius 2 is 2.04 bits per heavy atom. The minimum absolute atomic E-state index is 0.0207. The van der Waals surface area contributed by atoms with E-state index < -0.39 is 15.6 Å². The van der Waals surface area contributed by atoms with Gasteiger partial charge >= 0.3 is 6.09 Å². The summed E-state index contributed by atoms with van der Waals surface area (Å²) in [7, 11) is -3.27. The number of likely N-dealkylation sites (tertiary alicyclic amines) is 1. The summed E-state index contributed by atoms with van der Waals surface area (Å²) in [6, 6.07) is 0.121. The first kappa shape index (κ1) is 18.5. The Bertz CT molecular complexity index is 527. The fourth-order valence-electron chi connectivity index (χ4n) is 3.13. The topological polar surface area (TPSA) is 75.7 Å². The second-order valence-corrected chi connectivity index (χ2v) is 9.64. The van der Waals surface area contributed by atoms with Gasteiger partial charge in [0.15, 0.2) is 0 Å². The molecule has 0 radical (unpaired) electrons. The van der Waals surface area contributed by atoms with Gasteiger partial charge < -0.3 is 9.64 Å². The average molecular weight is 346 g/mol. The van der Waals surface area contributed by atoms with Crippen LogP contribution in [0, 0.1) is 11.8 Å². The van der Waals surface area contributed by atoms with Gasteiger partial charge in [-0.15, -0.1) is 0 Å². The van der Waals surface area contributed by atoms with E-state index in [1.165, 1.54) is 0 Å². The summed E-state index contributed by atoms with van der Waals surface area (Å²) in [5.41, 5.74) is -0.529. The predicted octanol–water partition coefficient (Wildman–Crippen LogP) is 2.35. The van der Waals surface area contributed by atoms with Crippen LogP contribution in [0.2, 0.25) is 0 Å². The monoisotopic (exact) mass is 346 g/mol. The van der Waals surface area contributed by atoms with Crippen molar-refractivity contribution in [1.29, 1.82) is 0 Å². The highest BCUT2D eigenvalue weighted by Gasteiger charge is 2.39. The minimum atomic E-state index is -3.27. The van der Waals surface area contributed by atoms with Crippen molar-refractivity contribution < 1.29 is 17.9 Å². The maximum absolute atomic E-state index is 12.3. The largest absolute Gasteiger partial charge is 0.444 e. The van der Waals surface area contributed by atoms with Gasteiger partial charge in [-0.05, 0) is 51.9 Å². The lowest BCUT2D eigenvalue weighted by Crippen LogP contribution is -2.45. The van der Waals surface area contributed by atoms with Crippen molar-refractivity contribution in [2.24, 2.45) is 11.8 Å². The van der Waals surface area contributed by atoms with Crippen LogP contribution in [0.1, 0.15) is 53.4 Å². The molecule has 0 spiro atoms. The molecule has 1 aliphatic heterocycles. The Morgan fingerprint density at radius 1 is 1.35 bits per heavy atom. The summed E-state index contributed by atoms with van der Waals surface area (Å²) in [5.74, 6) is 0.571. The minimum Gasteiger partial charge on any atom is -0.444 e. The van der Waals surface area contributed by atoms with Crippen molar-refractivity contribution >= 4 is 16.1 Å². The molecule has 0 aromatic carbocycles. The third-order valence-corrected chi connectivity index (χ3v) is 5.98. The molecule has 2 fully saturated rings. The van der Waals surface area contributed by atoms with E-state index in [1.54, 1.807) is 4.90 Å². The van der Waals surface area contributed by atoms with E-state index in [0.717, 1.165) is 25.7 Å². The number of rotatable bonds is 5. The quantitative estimate of drug-likeness (QED) is 0.829. The Labute approximate surface area is 140 Å². The molecule has 0 bridgehead atoms. The normalized spacial score (nSPS) is 28.5. The van der Waals surface area contributed by atoms with Crippen LogP contribution < -0.4 is 4.72 Å². The summed E-state index contributed by atoms with van der Waals surface area (Å²) >= 11 is 0. The molecule has 0 aromatic heterocycles. The van der Waals surface area contributed by atoms with E-state index in [1.807, 2.05) is 20.8 Å². The number of piperidine rings is 1. The van der Waals surface area contributed by atoms with E-state index >= 15 is 0 Å². The van der Waals surface area contributed by atoms with Gasteiger partial charge in [0, 0.05) is 19.1 Å². The SMILES string of the molecule is CC[C@@H]1C[C@H]1NS(=O)(=O)CC1CCCN(C(=O)OC(C)(C)C)C1. The van der Waals surface area contributed by atoms with Crippen LogP contribution in [0.4, 0.5) is 4.79 Å². The molecule has 1 heterocycles. The van der Waals surface area contributed by atoms with Crippen molar-refractivity contribution in [1.82, 2.24) is 9.62 Å². The molecule has 0 aromatic rings. The third-order valence-electron chi connectivity index (χ3n) is 4.40. The fourth-order valence-corrected chi connectivity index (χ4v) is 4.86. The Morgan fingerprint density at radius 3 is 2.61 bits per heavy atom. The average Bonchev–Trinajstić information content (AvgIpc) is 3.13. The lowest BCUT2D eigenvalue weighted by Gasteiger charge is -2.34. The lowest BCUT2D eigenvalue weighted by atomic mass is 10.0. The highest BCUT2D eigenvalue weighted by molar-refractivity contribution is 7.89. The van der Waals surface area contributed by atoms with Crippen LogP contribution in [0.5, 0.6) is 0 Å². The second-order valence-electron chi connectivity index (χ2n) is 7.84. The van der Waals surface area contributed by atoms with E-state index in [4.69, 9.17) is 4.74 Å². The van der Waals surface area contributed by atoms with Crippen LogP contribution in [0.25, 0.3) is 0 Å². The Kier molecular flexibility index (Phi) is 5.61. The molecule has 7 heteroatoms. The summed E-state index contributed by atoms with van der Waals surface area (Å²) in [4.78, 5) is 13.8. The van der Waals surface area contributed by atoms with Crippen LogP contribution in [-0.2, 0) is 14.8 Å². The third kappa shape index (κ3) is 5.95. The molecule has 1 amide bonds. The number of hydrogen-bond acceptors (Lipinski definition) is 4. The first-order chi connectivity index (χ1) is 10.6. The van der Waals surface area contributed by atoms with Crippen LogP contribution in [0.3, 0.4) is 0 Å². The molecular formula is C16H30N2O4S. The molecule has 3 atom stereocenters. The Hall–Kier alpha value is -0.820. The smallest absolute Gasteiger partial charge is 0.410 e. The van der Waals surface area contributed by atoms with Gasteiger partial charge in [0.25, 0.3) is 0 Å². The van der Waals surface area contributed by atoms with E-state index in [2.05, 4.69) is 11.6 Å². The summed E-state index contributed by atoms with van der Waals surface area (Å²) < 4.78 is 32.7. The Balaban J connectivity index is 1.85. The van der Waals surface area contributed by atoms with Crippen LogP contribution in [0.15, 0.2) is 0 Å². The van der Waals surface area contributed by atoms with Gasteiger partial charge in [-0.25, -0.2) is 17.9 Å². The number of ether oxygens (including phenoxy) is 1. The highest BCUT2D eigenvalue weighted by atomic mass is 32.2. The van der Waals surface area contributed by atoms with E-state index in [9.17, 15) is 13.2 Å². The highest BCUT2D eigenvalue weighted by Crippen LogP contribution is 2.34. The van der Waals surface area contributed by atoms with Crippen molar-refractivity contribution in [2.75, 3.05) is 18.8 Å². The number of carbonyl (C=O) groups excluding carboxylic acids is 1. The zero-order valence-electron chi connectivity index (χ0n) is 14.7.